The van der Waals surface area contributed by atoms with Gasteiger partial charge in [0.1, 0.15) is 0 Å². The summed E-state index contributed by atoms with van der Waals surface area (Å²) in [7, 11) is 0. The average Bonchev–Trinajstić information content (AvgIpc) is 2.71. The molecule has 3 heteroatoms. The predicted octanol–water partition coefficient (Wildman–Crippen LogP) is 2.20. The third-order valence-corrected chi connectivity index (χ3v) is 2.72. The summed E-state index contributed by atoms with van der Waals surface area (Å²) in [6, 6.07) is 2.17. The minimum Gasteiger partial charge on any atom is -0.370 e. The van der Waals surface area contributed by atoms with Gasteiger partial charge in [0.05, 0.1) is 17.6 Å². The van der Waals surface area contributed by atoms with Crippen LogP contribution in [0.3, 0.4) is 0 Å². The van der Waals surface area contributed by atoms with Crippen LogP contribution >= 0.6 is 0 Å². The molecular weight excluding hydrogens is 174 g/mol. The monoisotopic (exact) mass is 191 g/mol. The normalized spacial score (nSPS) is 16.6. The van der Waals surface area contributed by atoms with E-state index in [1.54, 1.807) is 0 Å². The van der Waals surface area contributed by atoms with Crippen molar-refractivity contribution in [2.75, 3.05) is 18.0 Å². The van der Waals surface area contributed by atoms with Crippen LogP contribution in [-0.4, -0.2) is 23.3 Å². The minimum atomic E-state index is 0.463. The number of nitrogens with zero attached hydrogens (tertiary/aromatic N) is 3. The molecule has 1 saturated heterocycles. The van der Waals surface area contributed by atoms with E-state index in [4.69, 9.17) is 0 Å². The van der Waals surface area contributed by atoms with E-state index >= 15 is 0 Å². The molecular formula is C11H17N3. The van der Waals surface area contributed by atoms with Crippen molar-refractivity contribution in [1.29, 1.82) is 0 Å². The standard InChI is InChI=1S/C11H17N3/c1-9(2)11-7-10(8-12-13-11)14-5-3-4-6-14/h7-9H,3-6H2,1-2H3. The summed E-state index contributed by atoms with van der Waals surface area (Å²) in [6.07, 6.45) is 4.48. The topological polar surface area (TPSA) is 29.0 Å². The zero-order valence-electron chi connectivity index (χ0n) is 8.90. The molecule has 0 saturated carbocycles. The second-order valence-electron chi connectivity index (χ2n) is 4.19. The van der Waals surface area contributed by atoms with Crippen molar-refractivity contribution < 1.29 is 0 Å². The van der Waals surface area contributed by atoms with Crippen molar-refractivity contribution in [3.8, 4) is 0 Å². The van der Waals surface area contributed by atoms with Crippen LogP contribution in [0.4, 0.5) is 5.69 Å². The number of anilines is 1. The Labute approximate surface area is 85.1 Å². The quantitative estimate of drug-likeness (QED) is 0.717. The van der Waals surface area contributed by atoms with E-state index in [0.29, 0.717) is 5.92 Å². The third kappa shape index (κ3) is 1.86. The summed E-state index contributed by atoms with van der Waals surface area (Å²) >= 11 is 0. The Bertz CT molecular complexity index is 303. The van der Waals surface area contributed by atoms with E-state index < -0.39 is 0 Å². The first-order valence-corrected chi connectivity index (χ1v) is 5.35. The fourth-order valence-corrected chi connectivity index (χ4v) is 1.80. The van der Waals surface area contributed by atoms with E-state index in [2.05, 4.69) is 35.0 Å². The SMILES string of the molecule is CC(C)c1cc(N2CCCC2)cnn1. The van der Waals surface area contributed by atoms with Crippen LogP contribution in [0.15, 0.2) is 12.3 Å². The lowest BCUT2D eigenvalue weighted by molar-refractivity contribution is 0.780. The van der Waals surface area contributed by atoms with Crippen LogP contribution in [-0.2, 0) is 0 Å². The van der Waals surface area contributed by atoms with Gasteiger partial charge in [0, 0.05) is 13.1 Å². The van der Waals surface area contributed by atoms with Crippen molar-refractivity contribution in [3.05, 3.63) is 18.0 Å². The maximum absolute atomic E-state index is 4.13. The summed E-state index contributed by atoms with van der Waals surface area (Å²) in [4.78, 5) is 2.39. The summed E-state index contributed by atoms with van der Waals surface area (Å²) in [5.41, 5.74) is 2.33. The van der Waals surface area contributed by atoms with Crippen LogP contribution in [0, 0.1) is 0 Å². The van der Waals surface area contributed by atoms with E-state index in [1.807, 2.05) is 6.20 Å². The van der Waals surface area contributed by atoms with Gasteiger partial charge in [-0.3, -0.25) is 0 Å². The average molecular weight is 191 g/mol. The molecule has 2 heterocycles. The molecule has 0 radical (unpaired) electrons. The smallest absolute Gasteiger partial charge is 0.0730 e. The summed E-state index contributed by atoms with van der Waals surface area (Å²) < 4.78 is 0. The van der Waals surface area contributed by atoms with Crippen molar-refractivity contribution in [1.82, 2.24) is 10.2 Å². The summed E-state index contributed by atoms with van der Waals surface area (Å²) in [5, 5.41) is 8.19. The molecule has 3 nitrogen and oxygen atoms in total. The lowest BCUT2D eigenvalue weighted by atomic mass is 10.1. The highest BCUT2D eigenvalue weighted by Gasteiger charge is 2.13. The molecule has 0 amide bonds. The van der Waals surface area contributed by atoms with Crippen molar-refractivity contribution in [2.24, 2.45) is 0 Å². The zero-order valence-corrected chi connectivity index (χ0v) is 8.90. The number of aromatic nitrogens is 2. The van der Waals surface area contributed by atoms with E-state index in [1.165, 1.54) is 31.6 Å². The molecule has 0 atom stereocenters. The van der Waals surface area contributed by atoms with Gasteiger partial charge in [0.15, 0.2) is 0 Å². The minimum absolute atomic E-state index is 0.463. The van der Waals surface area contributed by atoms with Crippen LogP contribution in [0.5, 0.6) is 0 Å². The van der Waals surface area contributed by atoms with Crippen molar-refractivity contribution in [3.63, 3.8) is 0 Å². The largest absolute Gasteiger partial charge is 0.370 e. The molecule has 1 aromatic rings. The predicted molar refractivity (Wildman–Crippen MR) is 57.6 cm³/mol. The Morgan fingerprint density at radius 2 is 2.00 bits per heavy atom. The highest BCUT2D eigenvalue weighted by molar-refractivity contribution is 5.45. The molecule has 1 aromatic heterocycles. The Morgan fingerprint density at radius 3 is 2.64 bits per heavy atom. The van der Waals surface area contributed by atoms with Crippen LogP contribution < -0.4 is 4.90 Å². The fourth-order valence-electron chi connectivity index (χ4n) is 1.80. The first-order chi connectivity index (χ1) is 6.77. The second kappa shape index (κ2) is 3.95. The first-order valence-electron chi connectivity index (χ1n) is 5.35. The highest BCUT2D eigenvalue weighted by atomic mass is 15.2. The second-order valence-corrected chi connectivity index (χ2v) is 4.19. The van der Waals surface area contributed by atoms with Crippen LogP contribution in [0.1, 0.15) is 38.3 Å². The third-order valence-electron chi connectivity index (χ3n) is 2.72. The van der Waals surface area contributed by atoms with E-state index in [9.17, 15) is 0 Å². The maximum Gasteiger partial charge on any atom is 0.0730 e. The summed E-state index contributed by atoms with van der Waals surface area (Å²) in [6.45, 7) is 6.64. The Morgan fingerprint density at radius 1 is 1.29 bits per heavy atom. The van der Waals surface area contributed by atoms with Gasteiger partial charge >= 0.3 is 0 Å². The van der Waals surface area contributed by atoms with Crippen molar-refractivity contribution in [2.45, 2.75) is 32.6 Å². The van der Waals surface area contributed by atoms with Gasteiger partial charge < -0.3 is 4.90 Å². The van der Waals surface area contributed by atoms with E-state index in [0.717, 1.165) is 5.69 Å². The molecule has 0 unspecified atom stereocenters. The number of rotatable bonds is 2. The van der Waals surface area contributed by atoms with Gasteiger partial charge in [-0.2, -0.15) is 10.2 Å². The molecule has 0 spiro atoms. The van der Waals surface area contributed by atoms with Crippen molar-refractivity contribution >= 4 is 5.69 Å². The molecule has 0 aliphatic carbocycles. The zero-order chi connectivity index (χ0) is 9.97. The molecule has 76 valence electrons. The summed E-state index contributed by atoms with van der Waals surface area (Å²) in [5.74, 6) is 0.463. The van der Waals surface area contributed by atoms with Gasteiger partial charge in [0.2, 0.25) is 0 Å². The lowest BCUT2D eigenvalue weighted by Gasteiger charge is -2.17. The first kappa shape index (κ1) is 9.44. The van der Waals surface area contributed by atoms with Crippen LogP contribution in [0.2, 0.25) is 0 Å². The number of hydrogen-bond acceptors (Lipinski definition) is 3. The maximum atomic E-state index is 4.13. The molecule has 0 bridgehead atoms. The lowest BCUT2D eigenvalue weighted by Crippen LogP contribution is -2.18. The molecule has 1 fully saturated rings. The van der Waals surface area contributed by atoms with Gasteiger partial charge in [0.25, 0.3) is 0 Å². The molecule has 2 rings (SSSR count). The fraction of sp³-hybridized carbons (Fsp3) is 0.636. The molecule has 1 aliphatic rings. The molecule has 14 heavy (non-hydrogen) atoms. The van der Waals surface area contributed by atoms with Gasteiger partial charge in [-0.25, -0.2) is 0 Å². The Balaban J connectivity index is 2.21. The molecule has 1 aliphatic heterocycles. The van der Waals surface area contributed by atoms with Gasteiger partial charge in [-0.1, -0.05) is 13.8 Å². The molecule has 0 aromatic carbocycles. The Kier molecular flexibility index (Phi) is 2.66. The van der Waals surface area contributed by atoms with E-state index in [-0.39, 0.29) is 0 Å². The van der Waals surface area contributed by atoms with Crippen LogP contribution in [0.25, 0.3) is 0 Å². The number of hydrogen-bond donors (Lipinski definition) is 0. The van der Waals surface area contributed by atoms with Gasteiger partial charge in [-0.05, 0) is 24.8 Å². The molecule has 0 N–H and O–H groups in total. The van der Waals surface area contributed by atoms with Gasteiger partial charge in [-0.15, -0.1) is 0 Å². The Hall–Kier alpha value is -1.12. The highest BCUT2D eigenvalue weighted by Crippen LogP contribution is 2.21.